The van der Waals surface area contributed by atoms with Gasteiger partial charge >= 0.3 is 0 Å². The van der Waals surface area contributed by atoms with E-state index in [4.69, 9.17) is 16.3 Å². The smallest absolute Gasteiger partial charge is 0.250 e. The predicted molar refractivity (Wildman–Crippen MR) is 85.9 cm³/mol. The molecule has 0 fully saturated rings. The Morgan fingerprint density at radius 1 is 1.14 bits per heavy atom. The maximum absolute atomic E-state index is 12.5. The Labute approximate surface area is 129 Å². The van der Waals surface area contributed by atoms with E-state index >= 15 is 0 Å². The first-order valence-corrected chi connectivity index (χ1v) is 7.18. The molecule has 2 rings (SSSR count). The number of rotatable bonds is 5. The number of hydrogen-bond donors (Lipinski definition) is 1. The fourth-order valence-electron chi connectivity index (χ4n) is 2.10. The zero-order valence-corrected chi connectivity index (χ0v) is 12.9. The van der Waals surface area contributed by atoms with E-state index < -0.39 is 4.87 Å². The van der Waals surface area contributed by atoms with Crippen LogP contribution in [-0.2, 0) is 9.67 Å². The molecule has 1 amide bonds. The molecule has 0 aliphatic heterocycles. The minimum absolute atomic E-state index is 0.233. The fourth-order valence-corrected chi connectivity index (χ4v) is 2.28. The Balaban J connectivity index is 2.20. The molecule has 2 aromatic rings. The summed E-state index contributed by atoms with van der Waals surface area (Å²) in [7, 11) is 1.60. The summed E-state index contributed by atoms with van der Waals surface area (Å²) in [5.74, 6) is 0.506. The lowest BCUT2D eigenvalue weighted by atomic mass is 9.94. The molecule has 0 saturated carbocycles. The topological polar surface area (TPSA) is 38.3 Å². The number of nitrogens with one attached hydrogen (secondary N) is 1. The summed E-state index contributed by atoms with van der Waals surface area (Å²) in [6.07, 6.45) is 0.501. The Hall–Kier alpha value is -2.00. The van der Waals surface area contributed by atoms with Crippen LogP contribution in [-0.4, -0.2) is 13.0 Å². The molecular weight excluding hydrogens is 286 g/mol. The Morgan fingerprint density at radius 3 is 2.29 bits per heavy atom. The number of alkyl halides is 1. The van der Waals surface area contributed by atoms with Crippen LogP contribution in [0.1, 0.15) is 18.9 Å². The number of ether oxygens (including phenoxy) is 1. The van der Waals surface area contributed by atoms with Crippen molar-refractivity contribution in [2.75, 3.05) is 12.4 Å². The Morgan fingerprint density at radius 2 is 1.76 bits per heavy atom. The SMILES string of the molecule is CCC(Cl)(C(=O)Nc1ccc(OC)cc1)c1ccccc1. The van der Waals surface area contributed by atoms with Crippen molar-refractivity contribution in [3.05, 3.63) is 60.2 Å². The van der Waals surface area contributed by atoms with E-state index in [0.29, 0.717) is 12.1 Å². The third-order valence-corrected chi connectivity index (χ3v) is 4.08. The van der Waals surface area contributed by atoms with E-state index in [9.17, 15) is 4.79 Å². The van der Waals surface area contributed by atoms with Gasteiger partial charge in [-0.15, -0.1) is 11.6 Å². The van der Waals surface area contributed by atoms with Gasteiger partial charge in [0.2, 0.25) is 5.91 Å². The van der Waals surface area contributed by atoms with Crippen molar-refractivity contribution < 1.29 is 9.53 Å². The summed E-state index contributed by atoms with van der Waals surface area (Å²) in [4.78, 5) is 11.5. The zero-order valence-electron chi connectivity index (χ0n) is 12.1. The molecule has 1 N–H and O–H groups in total. The molecule has 0 bridgehead atoms. The molecule has 4 heteroatoms. The third-order valence-electron chi connectivity index (χ3n) is 3.43. The maximum Gasteiger partial charge on any atom is 0.250 e. The highest BCUT2D eigenvalue weighted by molar-refractivity contribution is 6.36. The van der Waals surface area contributed by atoms with Crippen molar-refractivity contribution >= 4 is 23.2 Å². The number of halogens is 1. The number of anilines is 1. The molecular formula is C17H18ClNO2. The summed E-state index contributed by atoms with van der Waals surface area (Å²) < 4.78 is 5.09. The molecule has 1 unspecified atom stereocenters. The van der Waals surface area contributed by atoms with Gasteiger partial charge in [0.15, 0.2) is 0 Å². The van der Waals surface area contributed by atoms with Crippen LogP contribution in [0, 0.1) is 0 Å². The molecule has 0 aliphatic rings. The molecule has 3 nitrogen and oxygen atoms in total. The number of benzene rings is 2. The molecule has 1 atom stereocenters. The number of methoxy groups -OCH3 is 1. The van der Waals surface area contributed by atoms with E-state index in [-0.39, 0.29) is 5.91 Å². The van der Waals surface area contributed by atoms with E-state index in [1.807, 2.05) is 37.3 Å². The minimum atomic E-state index is -1.07. The van der Waals surface area contributed by atoms with Gasteiger partial charge in [-0.3, -0.25) is 4.79 Å². The van der Waals surface area contributed by atoms with Crippen molar-refractivity contribution in [1.82, 2.24) is 0 Å². The zero-order chi connectivity index (χ0) is 15.3. The molecule has 110 valence electrons. The molecule has 0 spiro atoms. The first-order chi connectivity index (χ1) is 10.1. The van der Waals surface area contributed by atoms with Crippen molar-refractivity contribution in [2.45, 2.75) is 18.2 Å². The monoisotopic (exact) mass is 303 g/mol. The maximum atomic E-state index is 12.5. The van der Waals surface area contributed by atoms with Crippen LogP contribution >= 0.6 is 11.6 Å². The van der Waals surface area contributed by atoms with Gasteiger partial charge in [-0.25, -0.2) is 0 Å². The molecule has 0 aromatic heterocycles. The van der Waals surface area contributed by atoms with E-state index in [2.05, 4.69) is 5.32 Å². The average molecular weight is 304 g/mol. The van der Waals surface area contributed by atoms with Crippen LogP contribution in [0.4, 0.5) is 5.69 Å². The third kappa shape index (κ3) is 3.37. The summed E-state index contributed by atoms with van der Waals surface area (Å²) in [6, 6.07) is 16.5. The second kappa shape index (κ2) is 6.64. The average Bonchev–Trinajstić information content (AvgIpc) is 2.55. The second-order valence-electron chi connectivity index (χ2n) is 4.70. The van der Waals surface area contributed by atoms with Crippen LogP contribution in [0.5, 0.6) is 5.75 Å². The quantitative estimate of drug-likeness (QED) is 0.842. The number of hydrogen-bond acceptors (Lipinski definition) is 2. The van der Waals surface area contributed by atoms with Crippen LogP contribution in [0.15, 0.2) is 54.6 Å². The summed E-state index contributed by atoms with van der Waals surface area (Å²) >= 11 is 6.57. The van der Waals surface area contributed by atoms with Gasteiger partial charge in [-0.1, -0.05) is 37.3 Å². The Bertz CT molecular complexity index is 598. The van der Waals surface area contributed by atoms with Crippen molar-refractivity contribution in [2.24, 2.45) is 0 Å². The van der Waals surface area contributed by atoms with Crippen molar-refractivity contribution in [3.63, 3.8) is 0 Å². The second-order valence-corrected chi connectivity index (χ2v) is 5.35. The highest BCUT2D eigenvalue weighted by Gasteiger charge is 2.36. The van der Waals surface area contributed by atoms with Crippen molar-refractivity contribution in [3.8, 4) is 5.75 Å². The van der Waals surface area contributed by atoms with E-state index in [0.717, 1.165) is 11.3 Å². The first kappa shape index (κ1) is 15.4. The van der Waals surface area contributed by atoms with Gasteiger partial charge in [0.05, 0.1) is 7.11 Å². The summed E-state index contributed by atoms with van der Waals surface area (Å²) in [5, 5.41) is 2.86. The lowest BCUT2D eigenvalue weighted by Crippen LogP contribution is -2.34. The van der Waals surface area contributed by atoms with Gasteiger partial charge in [0.1, 0.15) is 10.6 Å². The normalized spacial score (nSPS) is 13.3. The van der Waals surface area contributed by atoms with Crippen LogP contribution < -0.4 is 10.1 Å². The van der Waals surface area contributed by atoms with Crippen molar-refractivity contribution in [1.29, 1.82) is 0 Å². The van der Waals surface area contributed by atoms with Crippen LogP contribution in [0.3, 0.4) is 0 Å². The molecule has 0 saturated heterocycles. The standard InChI is InChI=1S/C17H18ClNO2/c1-3-17(18,13-7-5-4-6-8-13)16(20)19-14-9-11-15(21-2)12-10-14/h4-12H,3H2,1-2H3,(H,19,20). The van der Waals surface area contributed by atoms with Gasteiger partial charge in [0, 0.05) is 5.69 Å². The van der Waals surface area contributed by atoms with Crippen LogP contribution in [0.25, 0.3) is 0 Å². The summed E-state index contributed by atoms with van der Waals surface area (Å²) in [5.41, 5.74) is 1.48. The van der Waals surface area contributed by atoms with E-state index in [1.54, 1.807) is 31.4 Å². The molecule has 21 heavy (non-hydrogen) atoms. The van der Waals surface area contributed by atoms with E-state index in [1.165, 1.54) is 0 Å². The molecule has 0 radical (unpaired) electrons. The Kier molecular flexibility index (Phi) is 4.86. The lowest BCUT2D eigenvalue weighted by Gasteiger charge is -2.25. The lowest BCUT2D eigenvalue weighted by molar-refractivity contribution is -0.119. The number of carbonyl (C=O) groups excluding carboxylic acids is 1. The highest BCUT2D eigenvalue weighted by atomic mass is 35.5. The van der Waals surface area contributed by atoms with Gasteiger partial charge < -0.3 is 10.1 Å². The predicted octanol–water partition coefficient (Wildman–Crippen LogP) is 4.18. The number of carbonyl (C=O) groups is 1. The highest BCUT2D eigenvalue weighted by Crippen LogP contribution is 2.34. The van der Waals surface area contributed by atoms with Crippen LogP contribution in [0.2, 0.25) is 0 Å². The van der Waals surface area contributed by atoms with Gasteiger partial charge in [-0.2, -0.15) is 0 Å². The molecule has 2 aromatic carbocycles. The minimum Gasteiger partial charge on any atom is -0.497 e. The number of amides is 1. The largest absolute Gasteiger partial charge is 0.497 e. The van der Waals surface area contributed by atoms with Gasteiger partial charge in [-0.05, 0) is 36.2 Å². The fraction of sp³-hybridized carbons (Fsp3) is 0.235. The summed E-state index contributed by atoms with van der Waals surface area (Å²) in [6.45, 7) is 1.90. The first-order valence-electron chi connectivity index (χ1n) is 6.80. The molecule has 0 heterocycles. The molecule has 0 aliphatic carbocycles. The van der Waals surface area contributed by atoms with Gasteiger partial charge in [0.25, 0.3) is 0 Å².